The summed E-state index contributed by atoms with van der Waals surface area (Å²) < 4.78 is 5.47. The van der Waals surface area contributed by atoms with Crippen molar-refractivity contribution in [3.8, 4) is 0 Å². The third-order valence-electron chi connectivity index (χ3n) is 3.11. The first kappa shape index (κ1) is 12.5. The lowest BCUT2D eigenvalue weighted by atomic mass is 10.1. The zero-order chi connectivity index (χ0) is 13.2. The average Bonchev–Trinajstić information content (AvgIpc) is 2.83. The number of hydrogen-bond acceptors (Lipinski definition) is 6. The zero-order valence-corrected chi connectivity index (χ0v) is 11.9. The number of hydrogen-bond donors (Lipinski definition) is 1. The highest BCUT2D eigenvalue weighted by molar-refractivity contribution is 7.09. The minimum atomic E-state index is 0.599. The van der Waals surface area contributed by atoms with E-state index in [0.29, 0.717) is 13.0 Å². The molecule has 0 bridgehead atoms. The number of ether oxygens (including phenoxy) is 1. The van der Waals surface area contributed by atoms with E-state index in [4.69, 9.17) is 4.74 Å². The van der Waals surface area contributed by atoms with Gasteiger partial charge in [-0.1, -0.05) is 0 Å². The molecule has 0 unspecified atom stereocenters. The van der Waals surface area contributed by atoms with Crippen LogP contribution in [0.5, 0.6) is 0 Å². The Hall–Kier alpha value is -1.53. The maximum Gasteiger partial charge on any atom is 0.137 e. The SMILES string of the molecule is CNc1nc(Cc2csc(C)n2)nc2c1COCC2. The number of nitrogens with one attached hydrogen (secondary N) is 1. The quantitative estimate of drug-likeness (QED) is 0.928. The van der Waals surface area contributed by atoms with Gasteiger partial charge in [0.25, 0.3) is 0 Å². The van der Waals surface area contributed by atoms with Crippen LogP contribution in [0.2, 0.25) is 0 Å². The van der Waals surface area contributed by atoms with Crippen LogP contribution in [0.25, 0.3) is 0 Å². The lowest BCUT2D eigenvalue weighted by Gasteiger charge is -2.19. The smallest absolute Gasteiger partial charge is 0.137 e. The van der Waals surface area contributed by atoms with Gasteiger partial charge in [-0.05, 0) is 6.92 Å². The van der Waals surface area contributed by atoms with Crippen LogP contribution in [0.1, 0.15) is 27.8 Å². The summed E-state index contributed by atoms with van der Waals surface area (Å²) in [5.41, 5.74) is 3.23. The van der Waals surface area contributed by atoms with Crippen LogP contribution in [-0.2, 0) is 24.2 Å². The first-order valence-corrected chi connectivity index (χ1v) is 7.19. The van der Waals surface area contributed by atoms with E-state index < -0.39 is 0 Å². The largest absolute Gasteiger partial charge is 0.376 e. The van der Waals surface area contributed by atoms with E-state index in [1.807, 2.05) is 14.0 Å². The van der Waals surface area contributed by atoms with Crippen molar-refractivity contribution >= 4 is 17.2 Å². The Bertz CT molecular complexity index is 579. The lowest BCUT2D eigenvalue weighted by Crippen LogP contribution is -2.17. The summed E-state index contributed by atoms with van der Waals surface area (Å²) in [6.07, 6.45) is 1.54. The molecule has 0 aliphatic carbocycles. The molecule has 0 fully saturated rings. The van der Waals surface area contributed by atoms with Gasteiger partial charge in [0.1, 0.15) is 11.6 Å². The Morgan fingerprint density at radius 2 is 2.26 bits per heavy atom. The van der Waals surface area contributed by atoms with Crippen LogP contribution in [-0.4, -0.2) is 28.6 Å². The highest BCUT2D eigenvalue weighted by Gasteiger charge is 2.18. The summed E-state index contributed by atoms with van der Waals surface area (Å²) >= 11 is 1.66. The van der Waals surface area contributed by atoms with Crippen molar-refractivity contribution in [1.29, 1.82) is 0 Å². The summed E-state index contributed by atoms with van der Waals surface area (Å²) in [5.74, 6) is 1.71. The Labute approximate surface area is 116 Å². The average molecular weight is 276 g/mol. The van der Waals surface area contributed by atoms with E-state index >= 15 is 0 Å². The number of anilines is 1. The molecule has 2 aromatic heterocycles. The molecule has 3 rings (SSSR count). The van der Waals surface area contributed by atoms with Crippen LogP contribution >= 0.6 is 11.3 Å². The Balaban J connectivity index is 1.93. The maximum atomic E-state index is 5.47. The van der Waals surface area contributed by atoms with E-state index in [9.17, 15) is 0 Å². The molecule has 0 amide bonds. The number of nitrogens with zero attached hydrogens (tertiary/aromatic N) is 3. The van der Waals surface area contributed by atoms with E-state index in [0.717, 1.165) is 46.6 Å². The van der Waals surface area contributed by atoms with E-state index in [1.54, 1.807) is 11.3 Å². The predicted molar refractivity (Wildman–Crippen MR) is 74.6 cm³/mol. The third kappa shape index (κ3) is 2.59. The Morgan fingerprint density at radius 1 is 1.37 bits per heavy atom. The second-order valence-electron chi connectivity index (χ2n) is 4.50. The Kier molecular flexibility index (Phi) is 3.44. The van der Waals surface area contributed by atoms with Gasteiger partial charge in [0.05, 0.1) is 36.0 Å². The van der Waals surface area contributed by atoms with Crippen LogP contribution in [0.4, 0.5) is 5.82 Å². The molecule has 1 aliphatic heterocycles. The van der Waals surface area contributed by atoms with Crippen molar-refractivity contribution in [1.82, 2.24) is 15.0 Å². The number of rotatable bonds is 3. The van der Waals surface area contributed by atoms with Crippen molar-refractivity contribution < 1.29 is 4.74 Å². The monoisotopic (exact) mass is 276 g/mol. The minimum Gasteiger partial charge on any atom is -0.376 e. The molecule has 0 radical (unpaired) electrons. The molecule has 2 aromatic rings. The maximum absolute atomic E-state index is 5.47. The number of thiazole rings is 1. The van der Waals surface area contributed by atoms with Gasteiger partial charge >= 0.3 is 0 Å². The zero-order valence-electron chi connectivity index (χ0n) is 11.1. The van der Waals surface area contributed by atoms with Gasteiger partial charge in [-0.15, -0.1) is 11.3 Å². The molecule has 6 heteroatoms. The summed E-state index contributed by atoms with van der Waals surface area (Å²) in [6, 6.07) is 0. The highest BCUT2D eigenvalue weighted by atomic mass is 32.1. The van der Waals surface area contributed by atoms with E-state index in [2.05, 4.69) is 25.6 Å². The van der Waals surface area contributed by atoms with E-state index in [1.165, 1.54) is 0 Å². The molecule has 5 nitrogen and oxygen atoms in total. The molecule has 19 heavy (non-hydrogen) atoms. The topological polar surface area (TPSA) is 59.9 Å². The van der Waals surface area contributed by atoms with Gasteiger partial charge in [-0.3, -0.25) is 0 Å². The number of fused-ring (bicyclic) bond motifs is 1. The van der Waals surface area contributed by atoms with E-state index in [-0.39, 0.29) is 0 Å². The fourth-order valence-electron chi connectivity index (χ4n) is 2.22. The normalized spacial score (nSPS) is 14.2. The summed E-state index contributed by atoms with van der Waals surface area (Å²) in [4.78, 5) is 13.7. The Morgan fingerprint density at radius 3 is 3.00 bits per heavy atom. The van der Waals surface area contributed by atoms with Crippen molar-refractivity contribution in [2.45, 2.75) is 26.4 Å². The van der Waals surface area contributed by atoms with Crippen molar-refractivity contribution in [3.05, 3.63) is 33.2 Å². The molecule has 0 aromatic carbocycles. The summed E-state index contributed by atoms with van der Waals surface area (Å²) in [6.45, 7) is 3.35. The first-order chi connectivity index (χ1) is 9.26. The molecule has 0 saturated heterocycles. The summed E-state index contributed by atoms with van der Waals surface area (Å²) in [7, 11) is 1.88. The van der Waals surface area contributed by atoms with Crippen molar-refractivity contribution in [3.63, 3.8) is 0 Å². The van der Waals surface area contributed by atoms with Crippen LogP contribution < -0.4 is 5.32 Å². The second kappa shape index (κ2) is 5.22. The first-order valence-electron chi connectivity index (χ1n) is 6.31. The molecule has 0 atom stereocenters. The van der Waals surface area contributed by atoms with Crippen LogP contribution in [0, 0.1) is 6.92 Å². The van der Waals surface area contributed by atoms with Gasteiger partial charge in [-0.25, -0.2) is 15.0 Å². The summed E-state index contributed by atoms with van der Waals surface area (Å²) in [5, 5.41) is 6.29. The van der Waals surface area contributed by atoms with Gasteiger partial charge in [0.15, 0.2) is 0 Å². The highest BCUT2D eigenvalue weighted by Crippen LogP contribution is 2.22. The number of aryl methyl sites for hydroxylation is 1. The second-order valence-corrected chi connectivity index (χ2v) is 5.56. The molecule has 1 aliphatic rings. The fourth-order valence-corrected chi connectivity index (χ4v) is 2.83. The third-order valence-corrected chi connectivity index (χ3v) is 3.93. The predicted octanol–water partition coefficient (Wildman–Crippen LogP) is 1.95. The molecule has 0 spiro atoms. The molecule has 3 heterocycles. The lowest BCUT2D eigenvalue weighted by molar-refractivity contribution is 0.109. The molecule has 100 valence electrons. The fraction of sp³-hybridized carbons (Fsp3) is 0.462. The molecular formula is C13H16N4OS. The van der Waals surface area contributed by atoms with Crippen LogP contribution in [0.15, 0.2) is 5.38 Å². The van der Waals surface area contributed by atoms with Gasteiger partial charge in [0.2, 0.25) is 0 Å². The molecular weight excluding hydrogens is 260 g/mol. The standard InChI is InChI=1S/C13H16N4OS/c1-8-15-9(7-19-8)5-12-16-11-3-4-18-6-10(11)13(14-2)17-12/h7H,3-6H2,1-2H3,(H,14,16,17). The van der Waals surface area contributed by atoms with Crippen molar-refractivity contribution in [2.75, 3.05) is 19.0 Å². The van der Waals surface area contributed by atoms with Crippen LogP contribution in [0.3, 0.4) is 0 Å². The molecule has 1 N–H and O–H groups in total. The van der Waals surface area contributed by atoms with Crippen molar-refractivity contribution in [2.24, 2.45) is 0 Å². The van der Waals surface area contributed by atoms with Gasteiger partial charge < -0.3 is 10.1 Å². The number of aromatic nitrogens is 3. The van der Waals surface area contributed by atoms with Gasteiger partial charge in [-0.2, -0.15) is 0 Å². The van der Waals surface area contributed by atoms with Gasteiger partial charge in [0, 0.05) is 24.4 Å². The molecule has 0 saturated carbocycles. The minimum absolute atomic E-state index is 0.599.